The molecule has 2 N–H and O–H groups in total. The maximum absolute atomic E-state index is 12.5. The van der Waals surface area contributed by atoms with Gasteiger partial charge in [-0.05, 0) is 43.9 Å². The average molecular weight is 338 g/mol. The number of nitrogens with zero attached hydrogens (tertiary/aromatic N) is 1. The SMILES string of the molecule is CC(=O)Nc1ccc(N[C@@H](C)C(=O)N2CCC(C)CC2)cc1Cl. The van der Waals surface area contributed by atoms with Crippen molar-refractivity contribution in [3.8, 4) is 0 Å². The molecule has 0 saturated carbocycles. The number of hydrogen-bond acceptors (Lipinski definition) is 3. The summed E-state index contributed by atoms with van der Waals surface area (Å²) >= 11 is 6.15. The van der Waals surface area contributed by atoms with Crippen molar-refractivity contribution in [3.05, 3.63) is 23.2 Å². The van der Waals surface area contributed by atoms with Crippen LogP contribution in [0.3, 0.4) is 0 Å². The number of carbonyl (C=O) groups excluding carboxylic acids is 2. The third kappa shape index (κ3) is 4.86. The van der Waals surface area contributed by atoms with Gasteiger partial charge in [0.1, 0.15) is 6.04 Å². The minimum absolute atomic E-state index is 0.110. The van der Waals surface area contributed by atoms with Crippen molar-refractivity contribution in [2.45, 2.75) is 39.7 Å². The molecular weight excluding hydrogens is 314 g/mol. The van der Waals surface area contributed by atoms with E-state index in [1.54, 1.807) is 18.2 Å². The van der Waals surface area contributed by atoms with Gasteiger partial charge >= 0.3 is 0 Å². The number of nitrogens with one attached hydrogen (secondary N) is 2. The number of piperidine rings is 1. The van der Waals surface area contributed by atoms with Crippen LogP contribution < -0.4 is 10.6 Å². The van der Waals surface area contributed by atoms with Gasteiger partial charge in [0.2, 0.25) is 11.8 Å². The molecule has 6 heteroatoms. The standard InChI is InChI=1S/C17H24ClN3O2/c1-11-6-8-21(9-7-11)17(23)12(2)19-14-4-5-16(15(18)10-14)20-13(3)22/h4-5,10-12,19H,6-9H2,1-3H3,(H,20,22)/t12-/m0/s1. The number of rotatable bonds is 4. The van der Waals surface area contributed by atoms with E-state index in [1.807, 2.05) is 11.8 Å². The van der Waals surface area contributed by atoms with Gasteiger partial charge in [0.25, 0.3) is 0 Å². The lowest BCUT2D eigenvalue weighted by atomic mass is 9.99. The number of hydrogen-bond donors (Lipinski definition) is 2. The summed E-state index contributed by atoms with van der Waals surface area (Å²) in [5.41, 5.74) is 1.32. The van der Waals surface area contributed by atoms with E-state index < -0.39 is 0 Å². The third-order valence-electron chi connectivity index (χ3n) is 4.13. The molecular formula is C17H24ClN3O2. The van der Waals surface area contributed by atoms with E-state index in [4.69, 9.17) is 11.6 Å². The van der Waals surface area contributed by atoms with Crippen LogP contribution in [0.2, 0.25) is 5.02 Å². The Morgan fingerprint density at radius 3 is 2.52 bits per heavy atom. The molecule has 5 nitrogen and oxygen atoms in total. The maximum Gasteiger partial charge on any atom is 0.244 e. The zero-order valence-electron chi connectivity index (χ0n) is 13.9. The van der Waals surface area contributed by atoms with E-state index in [0.29, 0.717) is 16.6 Å². The van der Waals surface area contributed by atoms with Crippen LogP contribution in [0.5, 0.6) is 0 Å². The molecule has 1 aromatic rings. The van der Waals surface area contributed by atoms with Crippen LogP contribution in [0.1, 0.15) is 33.6 Å². The highest BCUT2D eigenvalue weighted by Gasteiger charge is 2.24. The van der Waals surface area contributed by atoms with E-state index in [0.717, 1.165) is 31.6 Å². The fourth-order valence-electron chi connectivity index (χ4n) is 2.71. The second-order valence-corrected chi connectivity index (χ2v) is 6.66. The summed E-state index contributed by atoms with van der Waals surface area (Å²) in [6.07, 6.45) is 2.13. The third-order valence-corrected chi connectivity index (χ3v) is 4.44. The largest absolute Gasteiger partial charge is 0.374 e. The molecule has 1 saturated heterocycles. The molecule has 2 amide bonds. The van der Waals surface area contributed by atoms with Crippen molar-refractivity contribution in [2.75, 3.05) is 23.7 Å². The number of halogens is 1. The number of anilines is 2. The lowest BCUT2D eigenvalue weighted by molar-refractivity contribution is -0.133. The van der Waals surface area contributed by atoms with Crippen LogP contribution in [0.25, 0.3) is 0 Å². The molecule has 1 fully saturated rings. The molecule has 0 bridgehead atoms. The van der Waals surface area contributed by atoms with Crippen molar-refractivity contribution in [2.24, 2.45) is 5.92 Å². The van der Waals surface area contributed by atoms with E-state index in [9.17, 15) is 9.59 Å². The Balaban J connectivity index is 1.96. The minimum atomic E-state index is -0.314. The number of amides is 2. The Morgan fingerprint density at radius 2 is 1.96 bits per heavy atom. The van der Waals surface area contributed by atoms with Crippen molar-refractivity contribution in [1.29, 1.82) is 0 Å². The van der Waals surface area contributed by atoms with Gasteiger partial charge in [0.15, 0.2) is 0 Å². The first-order valence-electron chi connectivity index (χ1n) is 7.99. The minimum Gasteiger partial charge on any atom is -0.374 e. The van der Waals surface area contributed by atoms with Gasteiger partial charge in [-0.15, -0.1) is 0 Å². The zero-order chi connectivity index (χ0) is 17.0. The predicted molar refractivity (Wildman–Crippen MR) is 93.8 cm³/mol. The molecule has 126 valence electrons. The molecule has 1 heterocycles. The van der Waals surface area contributed by atoms with Gasteiger partial charge in [0.05, 0.1) is 10.7 Å². The maximum atomic E-state index is 12.5. The highest BCUT2D eigenvalue weighted by atomic mass is 35.5. The lowest BCUT2D eigenvalue weighted by Crippen LogP contribution is -2.45. The molecule has 0 radical (unpaired) electrons. The quantitative estimate of drug-likeness (QED) is 0.885. The van der Waals surface area contributed by atoms with Crippen LogP contribution in [0.15, 0.2) is 18.2 Å². The Hall–Kier alpha value is -1.75. The molecule has 0 spiro atoms. The van der Waals surface area contributed by atoms with Crippen molar-refractivity contribution in [1.82, 2.24) is 4.90 Å². The molecule has 1 aromatic carbocycles. The summed E-state index contributed by atoms with van der Waals surface area (Å²) in [4.78, 5) is 25.5. The molecule has 0 aliphatic carbocycles. The highest BCUT2D eigenvalue weighted by molar-refractivity contribution is 6.34. The molecule has 0 aromatic heterocycles. The molecule has 1 aliphatic rings. The van der Waals surface area contributed by atoms with Crippen LogP contribution in [-0.4, -0.2) is 35.8 Å². The van der Waals surface area contributed by atoms with Gasteiger partial charge < -0.3 is 15.5 Å². The summed E-state index contributed by atoms with van der Waals surface area (Å²) in [7, 11) is 0. The second kappa shape index (κ2) is 7.68. The van der Waals surface area contributed by atoms with Gasteiger partial charge in [-0.2, -0.15) is 0 Å². The van der Waals surface area contributed by atoms with Gasteiger partial charge in [0, 0.05) is 25.7 Å². The Labute approximate surface area is 142 Å². The molecule has 23 heavy (non-hydrogen) atoms. The number of benzene rings is 1. The Bertz CT molecular complexity index is 583. The average Bonchev–Trinajstić information content (AvgIpc) is 2.49. The Kier molecular flexibility index (Phi) is 5.88. The topological polar surface area (TPSA) is 61.4 Å². The van der Waals surface area contributed by atoms with Crippen molar-refractivity contribution in [3.63, 3.8) is 0 Å². The molecule has 1 atom stereocenters. The number of carbonyl (C=O) groups is 2. The van der Waals surface area contributed by atoms with E-state index in [2.05, 4.69) is 17.6 Å². The normalized spacial score (nSPS) is 16.8. The van der Waals surface area contributed by atoms with E-state index >= 15 is 0 Å². The fraction of sp³-hybridized carbons (Fsp3) is 0.529. The first kappa shape index (κ1) is 17.6. The first-order valence-corrected chi connectivity index (χ1v) is 8.37. The van der Waals surface area contributed by atoms with Gasteiger partial charge in [-0.1, -0.05) is 18.5 Å². The van der Waals surface area contributed by atoms with Gasteiger partial charge in [-0.25, -0.2) is 0 Å². The van der Waals surface area contributed by atoms with Crippen LogP contribution in [-0.2, 0) is 9.59 Å². The lowest BCUT2D eigenvalue weighted by Gasteiger charge is -2.32. The van der Waals surface area contributed by atoms with Crippen molar-refractivity contribution < 1.29 is 9.59 Å². The van der Waals surface area contributed by atoms with Crippen LogP contribution in [0.4, 0.5) is 11.4 Å². The van der Waals surface area contributed by atoms with Crippen molar-refractivity contribution >= 4 is 34.8 Å². The molecule has 0 unspecified atom stereocenters. The first-order chi connectivity index (χ1) is 10.9. The highest BCUT2D eigenvalue weighted by Crippen LogP contribution is 2.26. The smallest absolute Gasteiger partial charge is 0.244 e. The monoisotopic (exact) mass is 337 g/mol. The number of likely N-dealkylation sites (tertiary alicyclic amines) is 1. The van der Waals surface area contributed by atoms with E-state index in [-0.39, 0.29) is 17.9 Å². The summed E-state index contributed by atoms with van der Waals surface area (Å²) < 4.78 is 0. The predicted octanol–water partition coefficient (Wildman–Crippen LogP) is 3.36. The fourth-order valence-corrected chi connectivity index (χ4v) is 2.94. The van der Waals surface area contributed by atoms with Crippen LogP contribution in [0, 0.1) is 5.92 Å². The summed E-state index contributed by atoms with van der Waals surface area (Å²) in [5.74, 6) is 0.636. The Morgan fingerprint density at radius 1 is 1.30 bits per heavy atom. The summed E-state index contributed by atoms with van der Waals surface area (Å²) in [5, 5.41) is 6.28. The van der Waals surface area contributed by atoms with Crippen LogP contribution >= 0.6 is 11.6 Å². The summed E-state index contributed by atoms with van der Waals surface area (Å²) in [6, 6.07) is 4.94. The molecule has 2 rings (SSSR count). The van der Waals surface area contributed by atoms with E-state index in [1.165, 1.54) is 6.92 Å². The zero-order valence-corrected chi connectivity index (χ0v) is 14.6. The molecule has 1 aliphatic heterocycles. The van der Waals surface area contributed by atoms with Gasteiger partial charge in [-0.3, -0.25) is 9.59 Å². The second-order valence-electron chi connectivity index (χ2n) is 6.25. The summed E-state index contributed by atoms with van der Waals surface area (Å²) in [6.45, 7) is 7.17.